The van der Waals surface area contributed by atoms with Gasteiger partial charge >= 0.3 is 5.97 Å². The molecule has 1 aromatic heterocycles. The number of methoxy groups -OCH3 is 1. The average molecular weight is 810 g/mol. The molecule has 4 aromatic rings. The van der Waals surface area contributed by atoms with E-state index >= 15 is 0 Å². The maximum atomic E-state index is 14.0. The number of carbonyl (C=O) groups is 1. The predicted octanol–water partition coefficient (Wildman–Crippen LogP) is 6.42. The third kappa shape index (κ3) is 6.75. The van der Waals surface area contributed by atoms with Crippen LogP contribution < -0.4 is 29.1 Å². The van der Waals surface area contributed by atoms with E-state index in [0.29, 0.717) is 57.0 Å². The molecule has 3 aromatic carbocycles. The first kappa shape index (κ1) is 32.3. The first-order valence-corrected chi connectivity index (χ1v) is 16.7. The highest BCUT2D eigenvalue weighted by Crippen LogP contribution is 2.36. The van der Waals surface area contributed by atoms with Crippen molar-refractivity contribution in [1.29, 1.82) is 0 Å². The van der Waals surface area contributed by atoms with Crippen molar-refractivity contribution in [3.8, 4) is 17.2 Å². The van der Waals surface area contributed by atoms with Crippen LogP contribution in [0.4, 0.5) is 0 Å². The molecule has 228 valence electrons. The van der Waals surface area contributed by atoms with Crippen LogP contribution in [0.5, 0.6) is 17.2 Å². The fourth-order valence-electron chi connectivity index (χ4n) is 4.70. The lowest BCUT2D eigenvalue weighted by Crippen LogP contribution is -2.39. The van der Waals surface area contributed by atoms with Crippen LogP contribution in [0.25, 0.3) is 6.08 Å². The Hall–Kier alpha value is -3.13. The molecule has 0 saturated carbocycles. The Bertz CT molecular complexity index is 1920. The van der Waals surface area contributed by atoms with Crippen molar-refractivity contribution < 1.29 is 23.7 Å². The van der Waals surface area contributed by atoms with Gasteiger partial charge in [0.2, 0.25) is 0 Å². The molecular formula is C32H27BrClIN2O6S. The van der Waals surface area contributed by atoms with Crippen molar-refractivity contribution in [2.45, 2.75) is 26.5 Å². The summed E-state index contributed by atoms with van der Waals surface area (Å²) in [6.45, 7) is 4.96. The van der Waals surface area contributed by atoms with Gasteiger partial charge in [-0.25, -0.2) is 9.79 Å². The molecule has 8 nitrogen and oxygen atoms in total. The van der Waals surface area contributed by atoms with Crippen LogP contribution in [0.2, 0.25) is 5.02 Å². The summed E-state index contributed by atoms with van der Waals surface area (Å²) >= 11 is 13.4. The van der Waals surface area contributed by atoms with Gasteiger partial charge in [0.15, 0.2) is 16.3 Å². The Morgan fingerprint density at radius 2 is 1.84 bits per heavy atom. The molecular weight excluding hydrogens is 783 g/mol. The number of carbonyl (C=O) groups excluding carboxylic acids is 1. The lowest BCUT2D eigenvalue weighted by Gasteiger charge is -2.23. The van der Waals surface area contributed by atoms with Crippen LogP contribution in [0, 0.1) is 3.57 Å². The molecule has 0 unspecified atom stereocenters. The summed E-state index contributed by atoms with van der Waals surface area (Å²) in [5.74, 6) is 1.19. The minimum atomic E-state index is -0.775. The maximum Gasteiger partial charge on any atom is 0.337 e. The molecule has 0 amide bonds. The summed E-state index contributed by atoms with van der Waals surface area (Å²) in [5, 5.41) is 0.638. The maximum absolute atomic E-state index is 14.0. The number of aromatic nitrogens is 1. The molecule has 0 fully saturated rings. The Labute approximate surface area is 284 Å². The number of nitrogens with zero attached hydrogens (tertiary/aromatic N) is 2. The summed E-state index contributed by atoms with van der Waals surface area (Å²) in [5.41, 5.74) is 2.28. The number of halogens is 3. The van der Waals surface area contributed by atoms with Crippen LogP contribution >= 0.6 is 61.5 Å². The number of benzene rings is 3. The second-order valence-corrected chi connectivity index (χ2v) is 12.9. The fourth-order valence-corrected chi connectivity index (χ4v) is 7.63. The third-order valence-electron chi connectivity index (χ3n) is 6.66. The normalized spacial score (nSPS) is 14.4. The first-order valence-electron chi connectivity index (χ1n) is 13.6. The monoisotopic (exact) mass is 808 g/mol. The SMILES string of the molecule is CCOc1ccc([C@@H]2C(C(=O)OC)=CN=c3s/c(=C\c4cc(Br)c(OCc5ccccc5Cl)c(I)c4)c(=O)n32)cc1OCC. The number of thiazole rings is 1. The molecule has 0 aliphatic carbocycles. The van der Waals surface area contributed by atoms with Gasteiger partial charge < -0.3 is 18.9 Å². The van der Waals surface area contributed by atoms with E-state index in [-0.39, 0.29) is 11.1 Å². The Morgan fingerprint density at radius 3 is 2.55 bits per heavy atom. The summed E-state index contributed by atoms with van der Waals surface area (Å²) in [4.78, 5) is 31.7. The lowest BCUT2D eigenvalue weighted by molar-refractivity contribution is -0.136. The summed E-state index contributed by atoms with van der Waals surface area (Å²) in [7, 11) is 1.30. The minimum absolute atomic E-state index is 0.232. The van der Waals surface area contributed by atoms with Gasteiger partial charge in [-0.15, -0.1) is 0 Å². The van der Waals surface area contributed by atoms with E-state index in [0.717, 1.165) is 19.2 Å². The quantitative estimate of drug-likeness (QED) is 0.136. The number of fused-ring (bicyclic) bond motifs is 1. The molecule has 1 aliphatic rings. The van der Waals surface area contributed by atoms with Gasteiger partial charge in [-0.05, 0) is 99.9 Å². The van der Waals surface area contributed by atoms with Gasteiger partial charge in [0.1, 0.15) is 12.4 Å². The van der Waals surface area contributed by atoms with Gasteiger partial charge in [-0.3, -0.25) is 9.36 Å². The smallest absolute Gasteiger partial charge is 0.337 e. The zero-order chi connectivity index (χ0) is 31.4. The molecule has 0 saturated heterocycles. The molecule has 0 N–H and O–H groups in total. The largest absolute Gasteiger partial charge is 0.490 e. The molecule has 1 aliphatic heterocycles. The van der Waals surface area contributed by atoms with Crippen LogP contribution in [-0.2, 0) is 16.1 Å². The molecule has 0 radical (unpaired) electrons. The van der Waals surface area contributed by atoms with Crippen LogP contribution in [0.3, 0.4) is 0 Å². The fraction of sp³-hybridized carbons (Fsp3) is 0.219. The number of esters is 1. The molecule has 12 heteroatoms. The van der Waals surface area contributed by atoms with Crippen LogP contribution in [0.1, 0.15) is 36.6 Å². The average Bonchev–Trinajstić information content (AvgIpc) is 3.32. The van der Waals surface area contributed by atoms with Crippen molar-refractivity contribution >= 4 is 73.5 Å². The van der Waals surface area contributed by atoms with Gasteiger partial charge in [-0.2, -0.15) is 0 Å². The molecule has 5 rings (SSSR count). The minimum Gasteiger partial charge on any atom is -0.490 e. The highest BCUT2D eigenvalue weighted by molar-refractivity contribution is 14.1. The molecule has 0 spiro atoms. The summed E-state index contributed by atoms with van der Waals surface area (Å²) in [6, 6.07) is 16.0. The number of hydrogen-bond acceptors (Lipinski definition) is 8. The second-order valence-electron chi connectivity index (χ2n) is 9.44. The topological polar surface area (TPSA) is 88.4 Å². The number of rotatable bonds is 10. The molecule has 44 heavy (non-hydrogen) atoms. The van der Waals surface area contributed by atoms with Gasteiger partial charge in [0.25, 0.3) is 5.56 Å². The third-order valence-corrected chi connectivity index (χ3v) is 9.41. The molecule has 2 heterocycles. The van der Waals surface area contributed by atoms with E-state index in [4.69, 9.17) is 30.5 Å². The highest BCUT2D eigenvalue weighted by atomic mass is 127. The van der Waals surface area contributed by atoms with Crippen molar-refractivity contribution in [3.05, 3.63) is 116 Å². The number of ether oxygens (including phenoxy) is 4. The van der Waals surface area contributed by atoms with Crippen LogP contribution in [0.15, 0.2) is 80.6 Å². The van der Waals surface area contributed by atoms with Gasteiger partial charge in [0.05, 0.1) is 44.5 Å². The highest BCUT2D eigenvalue weighted by Gasteiger charge is 2.31. The lowest BCUT2D eigenvalue weighted by atomic mass is 9.97. The van der Waals surface area contributed by atoms with E-state index in [1.165, 1.54) is 29.2 Å². The zero-order valence-electron chi connectivity index (χ0n) is 23.9. The second kappa shape index (κ2) is 14.3. The zero-order valence-corrected chi connectivity index (χ0v) is 29.3. The van der Waals surface area contributed by atoms with Crippen LogP contribution in [-0.4, -0.2) is 30.9 Å². The van der Waals surface area contributed by atoms with Crippen molar-refractivity contribution in [2.75, 3.05) is 20.3 Å². The summed E-state index contributed by atoms with van der Waals surface area (Å²) in [6.07, 6.45) is 3.27. The molecule has 0 bridgehead atoms. The van der Waals surface area contributed by atoms with Crippen molar-refractivity contribution in [2.24, 2.45) is 4.99 Å². The van der Waals surface area contributed by atoms with Crippen molar-refractivity contribution in [1.82, 2.24) is 4.57 Å². The van der Waals surface area contributed by atoms with E-state index in [1.54, 1.807) is 18.2 Å². The summed E-state index contributed by atoms with van der Waals surface area (Å²) < 4.78 is 26.3. The van der Waals surface area contributed by atoms with E-state index in [2.05, 4.69) is 43.5 Å². The van der Waals surface area contributed by atoms with E-state index < -0.39 is 12.0 Å². The predicted molar refractivity (Wildman–Crippen MR) is 183 cm³/mol. The Morgan fingerprint density at radius 1 is 1.09 bits per heavy atom. The standard InChI is InChI=1S/C32H27BrClIN2O6S/c1-4-41-25-11-10-19(15-26(25)42-5-2)28-21(31(39)40-3)16-36-32-37(28)30(38)27(44-32)14-18-12-22(33)29(24(35)13-18)43-17-20-8-6-7-9-23(20)34/h6-16,28H,4-5,17H2,1-3H3/b27-14-/t28-/m1/s1. The van der Waals surface area contributed by atoms with Crippen molar-refractivity contribution in [3.63, 3.8) is 0 Å². The Kier molecular flexibility index (Phi) is 10.5. The number of hydrogen-bond donors (Lipinski definition) is 0. The van der Waals surface area contributed by atoms with E-state index in [1.807, 2.05) is 56.3 Å². The Balaban J connectivity index is 1.55. The van der Waals surface area contributed by atoms with Gasteiger partial charge in [0, 0.05) is 16.8 Å². The van der Waals surface area contributed by atoms with E-state index in [9.17, 15) is 9.59 Å². The first-order chi connectivity index (χ1) is 21.2. The molecule has 1 atom stereocenters. The van der Waals surface area contributed by atoms with Gasteiger partial charge in [-0.1, -0.05) is 47.2 Å².